The van der Waals surface area contributed by atoms with Gasteiger partial charge in [0, 0.05) is 23.9 Å². The minimum Gasteiger partial charge on any atom is -0.508 e. The first kappa shape index (κ1) is 14.7. The zero-order chi connectivity index (χ0) is 13.8. The molecule has 0 aliphatic carbocycles. The molecule has 100 valence electrons. The summed E-state index contributed by atoms with van der Waals surface area (Å²) >= 11 is 1.48. The first-order valence-corrected chi connectivity index (χ1v) is 6.76. The smallest absolute Gasteiger partial charge is 0.251 e. The van der Waals surface area contributed by atoms with E-state index in [0.717, 1.165) is 6.07 Å². The number of aromatic hydroxyl groups is 2. The van der Waals surface area contributed by atoms with Crippen LogP contribution in [0.2, 0.25) is 0 Å². The maximum Gasteiger partial charge on any atom is 0.251 e. The Morgan fingerprint density at radius 3 is 2.39 bits per heavy atom. The summed E-state index contributed by atoms with van der Waals surface area (Å²) in [6, 6.07) is 3.64. The second kappa shape index (κ2) is 5.97. The van der Waals surface area contributed by atoms with Crippen LogP contribution in [0.15, 0.2) is 18.2 Å². The largest absolute Gasteiger partial charge is 0.508 e. The Hall–Kier alpha value is -1.40. The number of phenols is 2. The van der Waals surface area contributed by atoms with Crippen LogP contribution < -0.4 is 5.32 Å². The number of thioether (sulfide) groups is 1. The Balaban J connectivity index is 2.66. The third kappa shape index (κ3) is 4.46. The van der Waals surface area contributed by atoms with Gasteiger partial charge in [0.2, 0.25) is 0 Å². The quantitative estimate of drug-likeness (QED) is 0.640. The van der Waals surface area contributed by atoms with Gasteiger partial charge in [0.25, 0.3) is 5.91 Å². The number of phenolic OH excluding ortho intramolecular Hbond substituents is 2. The molecule has 0 heterocycles. The molecule has 6 heteroatoms. The van der Waals surface area contributed by atoms with Crippen LogP contribution in [0, 0.1) is 0 Å². The van der Waals surface area contributed by atoms with Crippen molar-refractivity contribution in [2.45, 2.75) is 12.5 Å². The molecule has 1 aromatic carbocycles. The molecule has 1 amide bonds. The number of amides is 1. The van der Waals surface area contributed by atoms with Gasteiger partial charge >= 0.3 is 0 Å². The van der Waals surface area contributed by atoms with E-state index in [1.54, 1.807) is 6.92 Å². The van der Waals surface area contributed by atoms with E-state index in [9.17, 15) is 20.1 Å². The van der Waals surface area contributed by atoms with Crippen molar-refractivity contribution < 1.29 is 20.1 Å². The topological polar surface area (TPSA) is 89.8 Å². The average molecular weight is 271 g/mol. The van der Waals surface area contributed by atoms with Crippen molar-refractivity contribution in [2.75, 3.05) is 18.6 Å². The Labute approximate surface area is 110 Å². The van der Waals surface area contributed by atoms with Gasteiger partial charge in [0.15, 0.2) is 0 Å². The van der Waals surface area contributed by atoms with Crippen LogP contribution in [0.3, 0.4) is 0 Å². The fraction of sp³-hybridized carbons (Fsp3) is 0.417. The second-order valence-electron chi connectivity index (χ2n) is 4.35. The number of carbonyl (C=O) groups excluding carboxylic acids is 1. The number of rotatable bonds is 5. The zero-order valence-corrected chi connectivity index (χ0v) is 11.1. The molecule has 4 N–H and O–H groups in total. The number of carbonyl (C=O) groups is 1. The van der Waals surface area contributed by atoms with Crippen LogP contribution in [0.4, 0.5) is 0 Å². The number of benzene rings is 1. The van der Waals surface area contributed by atoms with Crippen LogP contribution in [0.5, 0.6) is 11.5 Å². The Morgan fingerprint density at radius 1 is 1.33 bits per heavy atom. The molecular weight excluding hydrogens is 254 g/mol. The summed E-state index contributed by atoms with van der Waals surface area (Å²) < 4.78 is 0. The van der Waals surface area contributed by atoms with Gasteiger partial charge in [-0.3, -0.25) is 4.79 Å². The monoisotopic (exact) mass is 271 g/mol. The van der Waals surface area contributed by atoms with Crippen molar-refractivity contribution in [3.63, 3.8) is 0 Å². The molecule has 0 saturated carbocycles. The Kier molecular flexibility index (Phi) is 4.86. The zero-order valence-electron chi connectivity index (χ0n) is 10.3. The third-order valence-corrected chi connectivity index (χ3v) is 3.16. The van der Waals surface area contributed by atoms with Crippen LogP contribution in [0.1, 0.15) is 17.3 Å². The minimum absolute atomic E-state index is 0.100. The van der Waals surface area contributed by atoms with E-state index in [1.165, 1.54) is 23.9 Å². The summed E-state index contributed by atoms with van der Waals surface area (Å²) in [4.78, 5) is 11.7. The third-order valence-electron chi connectivity index (χ3n) is 2.25. The standard InChI is InChI=1S/C12H17NO4S/c1-12(17,7-18-2)6-13-11(16)8-3-9(14)5-10(15)4-8/h3-5,14-15,17H,6-7H2,1-2H3,(H,13,16). The predicted octanol–water partition coefficient (Wildman–Crippen LogP) is 0.942. The number of nitrogens with one attached hydrogen (secondary N) is 1. The molecule has 0 spiro atoms. The van der Waals surface area contributed by atoms with Crippen molar-refractivity contribution in [2.24, 2.45) is 0 Å². The van der Waals surface area contributed by atoms with Crippen LogP contribution in [-0.4, -0.2) is 45.4 Å². The van der Waals surface area contributed by atoms with Crippen LogP contribution in [-0.2, 0) is 0 Å². The summed E-state index contributed by atoms with van der Waals surface area (Å²) in [6.07, 6.45) is 1.86. The highest BCUT2D eigenvalue weighted by molar-refractivity contribution is 7.98. The maximum atomic E-state index is 11.7. The molecule has 5 nitrogen and oxygen atoms in total. The molecule has 0 fully saturated rings. The molecule has 0 aromatic heterocycles. The lowest BCUT2D eigenvalue weighted by atomic mass is 10.1. The lowest BCUT2D eigenvalue weighted by Crippen LogP contribution is -2.42. The second-order valence-corrected chi connectivity index (χ2v) is 5.22. The summed E-state index contributed by atoms with van der Waals surface area (Å²) in [5, 5.41) is 31.0. The molecule has 0 bridgehead atoms. The number of hydrogen-bond acceptors (Lipinski definition) is 5. The van der Waals surface area contributed by atoms with E-state index in [2.05, 4.69) is 5.32 Å². The van der Waals surface area contributed by atoms with Gasteiger partial charge in [-0.25, -0.2) is 0 Å². The van der Waals surface area contributed by atoms with Gasteiger partial charge in [-0.05, 0) is 25.3 Å². The van der Waals surface area contributed by atoms with Crippen molar-refractivity contribution >= 4 is 17.7 Å². The van der Waals surface area contributed by atoms with Gasteiger partial charge in [0.05, 0.1) is 5.60 Å². The normalized spacial score (nSPS) is 13.9. The molecule has 1 aromatic rings. The number of hydrogen-bond donors (Lipinski definition) is 4. The number of aliphatic hydroxyl groups is 1. The molecule has 18 heavy (non-hydrogen) atoms. The molecule has 0 aliphatic rings. The highest BCUT2D eigenvalue weighted by Crippen LogP contribution is 2.20. The van der Waals surface area contributed by atoms with Crippen molar-refractivity contribution in [1.82, 2.24) is 5.32 Å². The lowest BCUT2D eigenvalue weighted by molar-refractivity contribution is 0.0725. The first-order chi connectivity index (χ1) is 8.34. The first-order valence-electron chi connectivity index (χ1n) is 5.36. The molecule has 1 rings (SSSR count). The molecular formula is C12H17NO4S. The van der Waals surface area contributed by atoms with Crippen molar-refractivity contribution in [3.05, 3.63) is 23.8 Å². The highest BCUT2D eigenvalue weighted by Gasteiger charge is 2.21. The van der Waals surface area contributed by atoms with Crippen molar-refractivity contribution in [3.8, 4) is 11.5 Å². The SMILES string of the molecule is CSCC(C)(O)CNC(=O)c1cc(O)cc(O)c1. The Morgan fingerprint density at radius 2 is 1.89 bits per heavy atom. The van der Waals surface area contributed by atoms with Gasteiger partial charge in [-0.15, -0.1) is 0 Å². The molecule has 1 unspecified atom stereocenters. The van der Waals surface area contributed by atoms with Gasteiger partial charge in [-0.2, -0.15) is 11.8 Å². The summed E-state index contributed by atoms with van der Waals surface area (Å²) in [7, 11) is 0. The molecule has 0 saturated heterocycles. The average Bonchev–Trinajstić information content (AvgIpc) is 2.24. The van der Waals surface area contributed by atoms with E-state index in [1.807, 2.05) is 6.26 Å². The van der Waals surface area contributed by atoms with E-state index in [-0.39, 0.29) is 23.6 Å². The summed E-state index contributed by atoms with van der Waals surface area (Å²) in [5.74, 6) is -0.326. The molecule has 1 atom stereocenters. The van der Waals surface area contributed by atoms with Gasteiger partial charge in [0.1, 0.15) is 11.5 Å². The predicted molar refractivity (Wildman–Crippen MR) is 71.1 cm³/mol. The van der Waals surface area contributed by atoms with E-state index in [0.29, 0.717) is 5.75 Å². The molecule has 0 radical (unpaired) electrons. The van der Waals surface area contributed by atoms with E-state index in [4.69, 9.17) is 0 Å². The summed E-state index contributed by atoms with van der Waals surface area (Å²) in [6.45, 7) is 1.73. The van der Waals surface area contributed by atoms with Gasteiger partial charge in [-0.1, -0.05) is 0 Å². The molecule has 0 aliphatic heterocycles. The lowest BCUT2D eigenvalue weighted by Gasteiger charge is -2.22. The van der Waals surface area contributed by atoms with E-state index >= 15 is 0 Å². The minimum atomic E-state index is -0.992. The Bertz CT molecular complexity index is 414. The maximum absolute atomic E-state index is 11.7. The van der Waals surface area contributed by atoms with Gasteiger partial charge < -0.3 is 20.6 Å². The van der Waals surface area contributed by atoms with Crippen LogP contribution in [0.25, 0.3) is 0 Å². The van der Waals surface area contributed by atoms with Crippen LogP contribution >= 0.6 is 11.8 Å². The fourth-order valence-electron chi connectivity index (χ4n) is 1.46. The van der Waals surface area contributed by atoms with E-state index < -0.39 is 11.5 Å². The van der Waals surface area contributed by atoms with Crippen molar-refractivity contribution in [1.29, 1.82) is 0 Å². The summed E-state index contributed by atoms with van der Waals surface area (Å²) in [5.41, 5.74) is -0.846. The highest BCUT2D eigenvalue weighted by atomic mass is 32.2. The fourth-order valence-corrected chi connectivity index (χ4v) is 2.18.